The lowest BCUT2D eigenvalue weighted by molar-refractivity contribution is 0.145. The molecule has 3 aromatic rings. The van der Waals surface area contributed by atoms with Crippen molar-refractivity contribution in [1.29, 1.82) is 0 Å². The summed E-state index contributed by atoms with van der Waals surface area (Å²) >= 11 is 0. The van der Waals surface area contributed by atoms with Crippen LogP contribution in [0.3, 0.4) is 0 Å². The molecule has 0 bridgehead atoms. The first-order valence-electron chi connectivity index (χ1n) is 9.31. The van der Waals surface area contributed by atoms with E-state index in [1.165, 1.54) is 15.8 Å². The summed E-state index contributed by atoms with van der Waals surface area (Å²) in [5, 5.41) is 12.2. The minimum absolute atomic E-state index is 0. The summed E-state index contributed by atoms with van der Waals surface area (Å²) in [7, 11) is 0. The summed E-state index contributed by atoms with van der Waals surface area (Å²) in [4.78, 5) is 19.1. The first kappa shape index (κ1) is 21.6. The molecule has 4 rings (SSSR count). The lowest BCUT2D eigenvalue weighted by Crippen LogP contribution is -2.27. The number of benzene rings is 1. The molecule has 1 aromatic carbocycles. The molecule has 3 heterocycles. The Labute approximate surface area is 178 Å². The third-order valence-corrected chi connectivity index (χ3v) is 4.58. The number of anilines is 1. The Hall–Kier alpha value is -3.11. The second kappa shape index (κ2) is 9.14. The lowest BCUT2D eigenvalue weighted by Gasteiger charge is -2.14. The van der Waals surface area contributed by atoms with Crippen LogP contribution >= 0.6 is 12.4 Å². The van der Waals surface area contributed by atoms with Crippen LogP contribution in [0.25, 0.3) is 22.6 Å². The first-order chi connectivity index (χ1) is 14.1. The predicted molar refractivity (Wildman–Crippen MR) is 111 cm³/mol. The molecule has 0 aliphatic carbocycles. The molecule has 2 N–H and O–H groups in total. The summed E-state index contributed by atoms with van der Waals surface area (Å²) in [6, 6.07) is 8.06. The standard InChI is InChI=1S/C19H20FN7O2.ClH/c1-2-7-27-24-18(23-25-27)17-6-3-12(10-22-17)15-5-4-13(8-16(15)20)26-11-14(9-21)29-19(26)28;/h3-6,8,10,14H,2,7,9,11,21H2,1H3;1H/t14-;/m0./s1. The molecular formula is C19H21ClFN7O2. The van der Waals surface area contributed by atoms with Crippen molar-refractivity contribution in [1.82, 2.24) is 25.2 Å². The molecule has 158 valence electrons. The van der Waals surface area contributed by atoms with Gasteiger partial charge in [-0.1, -0.05) is 13.0 Å². The number of halogens is 2. The minimum atomic E-state index is -0.526. The number of nitrogens with zero attached hydrogens (tertiary/aromatic N) is 6. The number of hydrogen-bond donors (Lipinski definition) is 1. The van der Waals surface area contributed by atoms with Crippen LogP contribution in [0.5, 0.6) is 0 Å². The monoisotopic (exact) mass is 433 g/mol. The molecule has 2 aromatic heterocycles. The van der Waals surface area contributed by atoms with Gasteiger partial charge in [0.1, 0.15) is 17.6 Å². The fourth-order valence-electron chi connectivity index (χ4n) is 3.09. The normalized spacial score (nSPS) is 15.8. The minimum Gasteiger partial charge on any atom is -0.443 e. The van der Waals surface area contributed by atoms with E-state index in [1.54, 1.807) is 30.5 Å². The number of amides is 1. The van der Waals surface area contributed by atoms with E-state index in [9.17, 15) is 9.18 Å². The van der Waals surface area contributed by atoms with E-state index in [1.807, 2.05) is 6.92 Å². The number of pyridine rings is 1. The second-order valence-corrected chi connectivity index (χ2v) is 6.66. The van der Waals surface area contributed by atoms with E-state index in [4.69, 9.17) is 10.5 Å². The van der Waals surface area contributed by atoms with Gasteiger partial charge in [0.05, 0.1) is 18.8 Å². The topological polar surface area (TPSA) is 112 Å². The summed E-state index contributed by atoms with van der Waals surface area (Å²) in [5.41, 5.74) is 7.49. The summed E-state index contributed by atoms with van der Waals surface area (Å²) in [6.45, 7) is 3.23. The number of cyclic esters (lactones) is 1. The van der Waals surface area contributed by atoms with Gasteiger partial charge in [0, 0.05) is 23.9 Å². The SMILES string of the molecule is CCCn1nnc(-c2ccc(-c3ccc(N4C[C@H](CN)OC4=O)cc3F)cn2)n1.Cl. The molecule has 30 heavy (non-hydrogen) atoms. The van der Waals surface area contributed by atoms with Crippen molar-refractivity contribution >= 4 is 24.2 Å². The molecule has 1 amide bonds. The van der Waals surface area contributed by atoms with E-state index in [0.717, 1.165) is 6.42 Å². The van der Waals surface area contributed by atoms with Gasteiger partial charge in [-0.3, -0.25) is 9.88 Å². The van der Waals surface area contributed by atoms with Crippen LogP contribution < -0.4 is 10.6 Å². The highest BCUT2D eigenvalue weighted by molar-refractivity contribution is 5.90. The maximum absolute atomic E-state index is 14.7. The van der Waals surface area contributed by atoms with Crippen LogP contribution in [0.1, 0.15) is 13.3 Å². The Kier molecular flexibility index (Phi) is 6.58. The molecular weight excluding hydrogens is 413 g/mol. The van der Waals surface area contributed by atoms with Gasteiger partial charge >= 0.3 is 6.09 Å². The number of hydrogen-bond acceptors (Lipinski definition) is 7. The fraction of sp³-hybridized carbons (Fsp3) is 0.316. The number of aryl methyl sites for hydroxylation is 1. The number of rotatable bonds is 6. The van der Waals surface area contributed by atoms with Crippen LogP contribution in [0.2, 0.25) is 0 Å². The third-order valence-electron chi connectivity index (χ3n) is 4.58. The Balaban J connectivity index is 0.00000256. The number of carbonyl (C=O) groups excluding carboxylic acids is 1. The maximum Gasteiger partial charge on any atom is 0.414 e. The number of tetrazole rings is 1. The summed E-state index contributed by atoms with van der Waals surface area (Å²) in [6.07, 6.45) is 1.55. The lowest BCUT2D eigenvalue weighted by atomic mass is 10.1. The molecule has 11 heteroatoms. The molecule has 0 unspecified atom stereocenters. The van der Waals surface area contributed by atoms with Crippen molar-refractivity contribution in [2.75, 3.05) is 18.0 Å². The Morgan fingerprint density at radius 2 is 2.13 bits per heavy atom. The van der Waals surface area contributed by atoms with E-state index < -0.39 is 11.9 Å². The van der Waals surface area contributed by atoms with Crippen LogP contribution in [-0.4, -0.2) is 50.5 Å². The Morgan fingerprint density at radius 3 is 2.77 bits per heavy atom. The largest absolute Gasteiger partial charge is 0.443 e. The van der Waals surface area contributed by atoms with Crippen molar-refractivity contribution in [3.05, 3.63) is 42.3 Å². The quantitative estimate of drug-likeness (QED) is 0.635. The molecule has 0 radical (unpaired) electrons. The van der Waals surface area contributed by atoms with Gasteiger partial charge in [-0.25, -0.2) is 9.18 Å². The van der Waals surface area contributed by atoms with Gasteiger partial charge in [0.2, 0.25) is 5.82 Å². The zero-order valence-electron chi connectivity index (χ0n) is 16.2. The highest BCUT2D eigenvalue weighted by atomic mass is 35.5. The summed E-state index contributed by atoms with van der Waals surface area (Å²) in [5.74, 6) is -0.0455. The molecule has 1 fully saturated rings. The molecule has 1 aliphatic heterocycles. The number of ether oxygens (including phenoxy) is 1. The van der Waals surface area contributed by atoms with Crippen molar-refractivity contribution in [3.63, 3.8) is 0 Å². The number of nitrogens with two attached hydrogens (primary N) is 1. The molecule has 1 saturated heterocycles. The maximum atomic E-state index is 14.7. The van der Waals surface area contributed by atoms with Gasteiger partial charge in [0.25, 0.3) is 0 Å². The average Bonchev–Trinajstić information content (AvgIpc) is 3.35. The molecule has 9 nitrogen and oxygen atoms in total. The van der Waals surface area contributed by atoms with Crippen LogP contribution in [0.4, 0.5) is 14.9 Å². The van der Waals surface area contributed by atoms with Crippen molar-refractivity contribution < 1.29 is 13.9 Å². The average molecular weight is 434 g/mol. The molecule has 0 spiro atoms. The van der Waals surface area contributed by atoms with E-state index in [-0.39, 0.29) is 25.1 Å². The van der Waals surface area contributed by atoms with Crippen molar-refractivity contribution in [2.45, 2.75) is 26.0 Å². The van der Waals surface area contributed by atoms with E-state index in [2.05, 4.69) is 20.4 Å². The van der Waals surface area contributed by atoms with Gasteiger partial charge in [-0.15, -0.1) is 22.6 Å². The first-order valence-corrected chi connectivity index (χ1v) is 9.31. The second-order valence-electron chi connectivity index (χ2n) is 6.66. The molecule has 0 saturated carbocycles. The highest BCUT2D eigenvalue weighted by Crippen LogP contribution is 2.29. The van der Waals surface area contributed by atoms with Crippen molar-refractivity contribution in [3.8, 4) is 22.6 Å². The fourth-order valence-corrected chi connectivity index (χ4v) is 3.09. The van der Waals surface area contributed by atoms with Gasteiger partial charge in [-0.2, -0.15) is 4.80 Å². The van der Waals surface area contributed by atoms with E-state index in [0.29, 0.717) is 41.4 Å². The predicted octanol–water partition coefficient (Wildman–Crippen LogP) is 2.66. The van der Waals surface area contributed by atoms with E-state index >= 15 is 0 Å². The number of carbonyl (C=O) groups is 1. The molecule has 1 aliphatic rings. The van der Waals surface area contributed by atoms with Gasteiger partial charge < -0.3 is 10.5 Å². The van der Waals surface area contributed by atoms with Crippen LogP contribution in [0.15, 0.2) is 36.5 Å². The Morgan fingerprint density at radius 1 is 1.30 bits per heavy atom. The smallest absolute Gasteiger partial charge is 0.414 e. The zero-order valence-corrected chi connectivity index (χ0v) is 17.0. The van der Waals surface area contributed by atoms with Gasteiger partial charge in [0.15, 0.2) is 0 Å². The third kappa shape index (κ3) is 4.24. The van der Waals surface area contributed by atoms with Crippen molar-refractivity contribution in [2.24, 2.45) is 5.73 Å². The van der Waals surface area contributed by atoms with Gasteiger partial charge in [-0.05, 0) is 35.9 Å². The number of aromatic nitrogens is 5. The van der Waals surface area contributed by atoms with Crippen LogP contribution in [-0.2, 0) is 11.3 Å². The van der Waals surface area contributed by atoms with Crippen LogP contribution in [0, 0.1) is 5.82 Å². The zero-order chi connectivity index (χ0) is 20.4. The molecule has 1 atom stereocenters. The Bertz CT molecular complexity index is 1030. The summed E-state index contributed by atoms with van der Waals surface area (Å²) < 4.78 is 19.9. The highest BCUT2D eigenvalue weighted by Gasteiger charge is 2.31.